The summed E-state index contributed by atoms with van der Waals surface area (Å²) in [5, 5.41) is 2.75. The summed E-state index contributed by atoms with van der Waals surface area (Å²) in [6, 6.07) is 7.31. The van der Waals surface area contributed by atoms with Gasteiger partial charge in [0.2, 0.25) is 5.91 Å². The number of nitrogens with zero attached hydrogens (tertiary/aromatic N) is 1. The molecule has 106 valence electrons. The summed E-state index contributed by atoms with van der Waals surface area (Å²) >= 11 is 0. The van der Waals surface area contributed by atoms with Gasteiger partial charge in [-0.1, -0.05) is 0 Å². The molecule has 5 nitrogen and oxygen atoms in total. The minimum absolute atomic E-state index is 0.0809. The zero-order chi connectivity index (χ0) is 14.1. The molecule has 1 aromatic carbocycles. The Balaban J connectivity index is 2.36. The Labute approximate surface area is 114 Å². The van der Waals surface area contributed by atoms with Crippen LogP contribution in [0.25, 0.3) is 0 Å². The van der Waals surface area contributed by atoms with Crippen molar-refractivity contribution in [3.05, 3.63) is 24.3 Å². The van der Waals surface area contributed by atoms with Crippen molar-refractivity contribution in [1.29, 1.82) is 0 Å². The summed E-state index contributed by atoms with van der Waals surface area (Å²) in [6.07, 6.45) is 0. The van der Waals surface area contributed by atoms with Crippen LogP contribution < -0.4 is 10.1 Å². The van der Waals surface area contributed by atoms with Gasteiger partial charge >= 0.3 is 0 Å². The van der Waals surface area contributed by atoms with Gasteiger partial charge in [0.1, 0.15) is 19.0 Å². The SMILES string of the molecule is CCOCC(=O)Nc1ccc(OCCN(C)C)cc1. The van der Waals surface area contributed by atoms with Crippen LogP contribution in [0.15, 0.2) is 24.3 Å². The third-order valence-corrected chi connectivity index (χ3v) is 2.38. The van der Waals surface area contributed by atoms with Gasteiger partial charge in [0.25, 0.3) is 0 Å². The molecule has 0 saturated carbocycles. The molecule has 1 N–H and O–H groups in total. The number of nitrogens with one attached hydrogen (secondary N) is 1. The first-order valence-electron chi connectivity index (χ1n) is 6.37. The fraction of sp³-hybridized carbons (Fsp3) is 0.500. The number of hydrogen-bond acceptors (Lipinski definition) is 4. The van der Waals surface area contributed by atoms with Gasteiger partial charge < -0.3 is 19.7 Å². The summed E-state index contributed by atoms with van der Waals surface area (Å²) in [5.74, 6) is 0.646. The topological polar surface area (TPSA) is 50.8 Å². The van der Waals surface area contributed by atoms with E-state index in [0.717, 1.165) is 18.0 Å². The Morgan fingerprint density at radius 2 is 1.95 bits per heavy atom. The van der Waals surface area contributed by atoms with Gasteiger partial charge in [-0.3, -0.25) is 4.79 Å². The Kier molecular flexibility index (Phi) is 6.92. The van der Waals surface area contributed by atoms with Crippen LogP contribution in [0, 0.1) is 0 Å². The molecule has 0 fully saturated rings. The van der Waals surface area contributed by atoms with E-state index in [1.54, 1.807) is 0 Å². The highest BCUT2D eigenvalue weighted by Crippen LogP contribution is 2.15. The molecule has 0 aromatic heterocycles. The van der Waals surface area contributed by atoms with Gasteiger partial charge in [0.15, 0.2) is 0 Å². The lowest BCUT2D eigenvalue weighted by Crippen LogP contribution is -2.19. The van der Waals surface area contributed by atoms with Gasteiger partial charge in [-0.25, -0.2) is 0 Å². The zero-order valence-electron chi connectivity index (χ0n) is 11.8. The van der Waals surface area contributed by atoms with Crippen LogP contribution in [0.3, 0.4) is 0 Å². The van der Waals surface area contributed by atoms with Crippen LogP contribution in [0.1, 0.15) is 6.92 Å². The number of benzene rings is 1. The third kappa shape index (κ3) is 6.79. The fourth-order valence-corrected chi connectivity index (χ4v) is 1.37. The standard InChI is InChI=1S/C14H22N2O3/c1-4-18-11-14(17)15-12-5-7-13(8-6-12)19-10-9-16(2)3/h5-8H,4,9-11H2,1-3H3,(H,15,17). The van der Waals surface area contributed by atoms with Crippen molar-refractivity contribution in [2.75, 3.05) is 45.8 Å². The summed E-state index contributed by atoms with van der Waals surface area (Å²) in [4.78, 5) is 13.5. The number of carbonyl (C=O) groups is 1. The van der Waals surface area contributed by atoms with Crippen molar-refractivity contribution in [2.24, 2.45) is 0 Å². The van der Waals surface area contributed by atoms with E-state index in [1.807, 2.05) is 45.3 Å². The summed E-state index contributed by atoms with van der Waals surface area (Å²) in [5.41, 5.74) is 0.740. The molecule has 0 aliphatic heterocycles. The highest BCUT2D eigenvalue weighted by molar-refractivity contribution is 5.91. The second-order valence-corrected chi connectivity index (χ2v) is 4.36. The molecular weight excluding hydrogens is 244 g/mol. The van der Waals surface area contributed by atoms with Crippen LogP contribution >= 0.6 is 0 Å². The molecule has 0 atom stereocenters. The maximum Gasteiger partial charge on any atom is 0.250 e. The molecule has 0 spiro atoms. The van der Waals surface area contributed by atoms with E-state index in [9.17, 15) is 4.79 Å². The molecule has 1 rings (SSSR count). The number of ether oxygens (including phenoxy) is 2. The maximum atomic E-state index is 11.4. The average molecular weight is 266 g/mol. The largest absolute Gasteiger partial charge is 0.492 e. The van der Waals surface area contributed by atoms with E-state index in [4.69, 9.17) is 9.47 Å². The van der Waals surface area contributed by atoms with Crippen LogP contribution in [0.2, 0.25) is 0 Å². The van der Waals surface area contributed by atoms with Gasteiger partial charge in [0.05, 0.1) is 0 Å². The van der Waals surface area contributed by atoms with Gasteiger partial charge in [-0.2, -0.15) is 0 Å². The summed E-state index contributed by atoms with van der Waals surface area (Å²) in [7, 11) is 4.00. The van der Waals surface area contributed by atoms with E-state index in [1.165, 1.54) is 0 Å². The first kappa shape index (κ1) is 15.5. The Morgan fingerprint density at radius 1 is 1.26 bits per heavy atom. The van der Waals surface area contributed by atoms with Crippen molar-refractivity contribution in [1.82, 2.24) is 4.90 Å². The number of likely N-dealkylation sites (N-methyl/N-ethyl adjacent to an activating group) is 1. The minimum atomic E-state index is -0.150. The Bertz CT molecular complexity index is 377. The molecule has 19 heavy (non-hydrogen) atoms. The number of hydrogen-bond donors (Lipinski definition) is 1. The van der Waals surface area contributed by atoms with Gasteiger partial charge in [0, 0.05) is 18.8 Å². The van der Waals surface area contributed by atoms with Crippen LogP contribution in [-0.2, 0) is 9.53 Å². The molecule has 0 unspecified atom stereocenters. The normalized spacial score (nSPS) is 10.5. The molecule has 0 saturated heterocycles. The smallest absolute Gasteiger partial charge is 0.250 e. The van der Waals surface area contributed by atoms with Gasteiger partial charge in [-0.15, -0.1) is 0 Å². The van der Waals surface area contributed by atoms with Crippen molar-refractivity contribution >= 4 is 11.6 Å². The minimum Gasteiger partial charge on any atom is -0.492 e. The molecule has 0 aliphatic carbocycles. The van der Waals surface area contributed by atoms with Crippen molar-refractivity contribution in [3.8, 4) is 5.75 Å². The number of carbonyl (C=O) groups excluding carboxylic acids is 1. The molecule has 1 amide bonds. The molecule has 0 aliphatic rings. The van der Waals surface area contributed by atoms with Crippen molar-refractivity contribution < 1.29 is 14.3 Å². The first-order valence-corrected chi connectivity index (χ1v) is 6.37. The monoisotopic (exact) mass is 266 g/mol. The van der Waals surface area contributed by atoms with Crippen LogP contribution in [-0.4, -0.2) is 51.3 Å². The molecule has 5 heteroatoms. The zero-order valence-corrected chi connectivity index (χ0v) is 11.8. The second-order valence-electron chi connectivity index (χ2n) is 4.36. The highest BCUT2D eigenvalue weighted by Gasteiger charge is 2.02. The Morgan fingerprint density at radius 3 is 2.53 bits per heavy atom. The molecule has 1 aromatic rings. The van der Waals surface area contributed by atoms with Crippen molar-refractivity contribution in [2.45, 2.75) is 6.92 Å². The van der Waals surface area contributed by atoms with E-state index < -0.39 is 0 Å². The third-order valence-electron chi connectivity index (χ3n) is 2.38. The number of rotatable bonds is 8. The predicted octanol–water partition coefficient (Wildman–Crippen LogP) is 1.60. The quantitative estimate of drug-likeness (QED) is 0.776. The number of anilines is 1. The molecule has 0 heterocycles. The molecular formula is C14H22N2O3. The molecule has 0 bridgehead atoms. The summed E-state index contributed by atoms with van der Waals surface area (Å²) < 4.78 is 10.6. The van der Waals surface area contributed by atoms with E-state index in [0.29, 0.717) is 13.2 Å². The Hall–Kier alpha value is -1.59. The fourth-order valence-electron chi connectivity index (χ4n) is 1.37. The number of amides is 1. The lowest BCUT2D eigenvalue weighted by molar-refractivity contribution is -0.120. The first-order chi connectivity index (χ1) is 9.11. The van der Waals surface area contributed by atoms with Crippen LogP contribution in [0.5, 0.6) is 5.75 Å². The van der Waals surface area contributed by atoms with E-state index >= 15 is 0 Å². The highest BCUT2D eigenvalue weighted by atomic mass is 16.5. The predicted molar refractivity (Wildman–Crippen MR) is 75.6 cm³/mol. The maximum absolute atomic E-state index is 11.4. The van der Waals surface area contributed by atoms with Crippen molar-refractivity contribution in [3.63, 3.8) is 0 Å². The lowest BCUT2D eigenvalue weighted by Gasteiger charge is -2.11. The average Bonchev–Trinajstić information content (AvgIpc) is 2.38. The van der Waals surface area contributed by atoms with Crippen LogP contribution in [0.4, 0.5) is 5.69 Å². The lowest BCUT2D eigenvalue weighted by atomic mass is 10.3. The van der Waals surface area contributed by atoms with E-state index in [-0.39, 0.29) is 12.5 Å². The molecule has 0 radical (unpaired) electrons. The van der Waals surface area contributed by atoms with Gasteiger partial charge in [-0.05, 0) is 45.3 Å². The second kappa shape index (κ2) is 8.50. The van der Waals surface area contributed by atoms with E-state index in [2.05, 4.69) is 10.2 Å². The summed E-state index contributed by atoms with van der Waals surface area (Å²) in [6.45, 7) is 3.98.